The van der Waals surface area contributed by atoms with Crippen molar-refractivity contribution < 1.29 is 111 Å². The summed E-state index contributed by atoms with van der Waals surface area (Å²) in [6.07, 6.45) is -8.50. The average Bonchev–Trinajstić information content (AvgIpc) is 3.47. The molecule has 3 heterocycles. The molecule has 7 rings (SSSR count). The molecule has 0 aromatic carbocycles. The number of carbonyl (C=O) groups is 1. The van der Waals surface area contributed by atoms with E-state index in [9.17, 15) is 53.5 Å². The van der Waals surface area contributed by atoms with Crippen LogP contribution in [0, 0.1) is 33.5 Å². The third-order valence-corrected chi connectivity index (χ3v) is 16.4. The molecule has 17 atom stereocenters. The minimum absolute atomic E-state index is 0. The van der Waals surface area contributed by atoms with E-state index in [0.29, 0.717) is 51.4 Å². The molecular formula is C40H63NaO17S. The van der Waals surface area contributed by atoms with Gasteiger partial charge in [-0.3, -0.25) is 8.98 Å². The molecule has 6 fully saturated rings. The molecule has 0 bridgehead atoms. The van der Waals surface area contributed by atoms with Gasteiger partial charge in [-0.1, -0.05) is 39.3 Å². The molecule has 332 valence electrons. The summed E-state index contributed by atoms with van der Waals surface area (Å²) in [6, 6.07) is 0. The Hall–Kier alpha value is -0.360. The van der Waals surface area contributed by atoms with Crippen LogP contribution in [0.1, 0.15) is 106 Å². The molecule has 4 aliphatic carbocycles. The maximum absolute atomic E-state index is 14.3. The van der Waals surface area contributed by atoms with Gasteiger partial charge in [-0.15, -0.1) is 0 Å². The van der Waals surface area contributed by atoms with Crippen molar-refractivity contribution in [2.45, 2.75) is 184 Å². The number of aliphatic hydroxyl groups excluding tert-OH is 5. The maximum atomic E-state index is 14.3. The van der Waals surface area contributed by atoms with Crippen molar-refractivity contribution in [1.82, 2.24) is 0 Å². The molecule has 7 N–H and O–H groups in total. The average molecular weight is 871 g/mol. The van der Waals surface area contributed by atoms with Gasteiger partial charge in [0.2, 0.25) is 10.4 Å². The molecule has 0 aromatic heterocycles. The first-order valence-corrected chi connectivity index (χ1v) is 22.0. The van der Waals surface area contributed by atoms with Crippen LogP contribution in [0.2, 0.25) is 0 Å². The van der Waals surface area contributed by atoms with Crippen LogP contribution in [0.15, 0.2) is 11.6 Å². The van der Waals surface area contributed by atoms with Crippen molar-refractivity contribution in [3.8, 4) is 0 Å². The number of hydrogen-bond acceptors (Lipinski definition) is 17. The molecule has 19 heteroatoms. The number of cyclic esters (lactones) is 1. The van der Waals surface area contributed by atoms with E-state index in [1.165, 1.54) is 0 Å². The van der Waals surface area contributed by atoms with E-state index < -0.39 is 129 Å². The van der Waals surface area contributed by atoms with E-state index in [1.807, 2.05) is 13.0 Å². The van der Waals surface area contributed by atoms with E-state index >= 15 is 0 Å². The zero-order chi connectivity index (χ0) is 42.8. The van der Waals surface area contributed by atoms with Crippen LogP contribution < -0.4 is 29.6 Å². The molecule has 7 aliphatic rings. The summed E-state index contributed by atoms with van der Waals surface area (Å²) in [4.78, 5) is 14.3. The summed E-state index contributed by atoms with van der Waals surface area (Å²) in [5.41, 5.74) is -6.28. The predicted molar refractivity (Wildman–Crippen MR) is 199 cm³/mol. The summed E-state index contributed by atoms with van der Waals surface area (Å²) in [5, 5.41) is 77.5. The number of carbonyl (C=O) groups excluding carboxylic acids is 1. The fraction of sp³-hybridized carbons (Fsp3) is 0.925. The molecule has 3 saturated carbocycles. The SMILES string of the molecule is CC(C)(O)CCC[C@]1(C)OC(=O)C23[C@@H](O)C=C4C(CCC5C(C)(C)C(O[C@@H]6OC[C@@H](OS(=O)(=O)[O-])[C@H](O)[C@H]6O[C@@H]6OC[C@@H](O)[C@H](O)[C@H]6O)CC[C@]45C)[C@]2(C)CC[C@@]31O.[Na+]. The molecule has 1 spiro atoms. The Morgan fingerprint density at radius 2 is 1.56 bits per heavy atom. The molecule has 3 saturated heterocycles. The first kappa shape index (κ1) is 48.1. The second-order valence-corrected chi connectivity index (χ2v) is 21.1. The Kier molecular flexibility index (Phi) is 13.0. The number of allylic oxidation sites excluding steroid dienone is 1. The minimum Gasteiger partial charge on any atom is -0.726 e. The van der Waals surface area contributed by atoms with Crippen LogP contribution in [0.25, 0.3) is 0 Å². The first-order chi connectivity index (χ1) is 26.7. The largest absolute Gasteiger partial charge is 1.00 e. The minimum atomic E-state index is -5.28. The molecule has 3 aliphatic heterocycles. The van der Waals surface area contributed by atoms with E-state index in [-0.39, 0.29) is 47.8 Å². The van der Waals surface area contributed by atoms with Crippen LogP contribution in [0.3, 0.4) is 0 Å². The smallest absolute Gasteiger partial charge is 0.726 e. The number of fused-ring (bicyclic) bond motifs is 4. The predicted octanol–water partition coefficient (Wildman–Crippen LogP) is -2.31. The van der Waals surface area contributed by atoms with Gasteiger partial charge in [0.15, 0.2) is 12.6 Å². The van der Waals surface area contributed by atoms with Crippen molar-refractivity contribution in [1.29, 1.82) is 0 Å². The Bertz CT molecular complexity index is 1740. The molecule has 0 aromatic rings. The zero-order valence-electron chi connectivity index (χ0n) is 35.4. The van der Waals surface area contributed by atoms with E-state index in [0.717, 1.165) is 5.57 Å². The summed E-state index contributed by atoms with van der Waals surface area (Å²) >= 11 is 0. The van der Waals surface area contributed by atoms with E-state index in [4.69, 9.17) is 23.7 Å². The maximum Gasteiger partial charge on any atom is 1.00 e. The van der Waals surface area contributed by atoms with Crippen molar-refractivity contribution in [2.75, 3.05) is 13.2 Å². The van der Waals surface area contributed by atoms with Gasteiger partial charge in [0.1, 0.15) is 53.2 Å². The number of aliphatic hydroxyl groups is 7. The van der Waals surface area contributed by atoms with Gasteiger partial charge in [-0.25, -0.2) is 8.42 Å². The van der Waals surface area contributed by atoms with Crippen molar-refractivity contribution >= 4 is 16.4 Å². The van der Waals surface area contributed by atoms with Crippen LogP contribution in [0.5, 0.6) is 0 Å². The van der Waals surface area contributed by atoms with Gasteiger partial charge < -0.3 is 64.0 Å². The molecular weight excluding hydrogens is 807 g/mol. The van der Waals surface area contributed by atoms with Gasteiger partial charge >= 0.3 is 35.5 Å². The third-order valence-electron chi connectivity index (χ3n) is 16.0. The zero-order valence-corrected chi connectivity index (χ0v) is 38.2. The Balaban J connectivity index is 0.00000585. The second kappa shape index (κ2) is 16.0. The van der Waals surface area contributed by atoms with E-state index in [1.54, 1.807) is 20.8 Å². The standard InChI is InChI=1S/C40H64O17S.Na/c1-34(2,47)12-8-13-38(7)39(48)16-15-37(6)20-9-10-24-35(3,4)26(11-14-36(24,5)21(20)17-25(42)40(37,39)33(46)56-38)54-32-30(28(44)23(19-53-32)57-58(49,50)51)55-31-29(45)27(43)22(41)18-52-31;/h17,20,22-32,41-45,47-48H,8-16,18-19H2,1-7H3,(H,49,50,51);/q;+1/p-1/t20?,22-,23-,24?,25+,26?,27+,28+,29-,30-,31+,32+,36-,37+,38+,39+,40?;/m1./s1. The summed E-state index contributed by atoms with van der Waals surface area (Å²) in [6.45, 7) is 12.5. The van der Waals surface area contributed by atoms with Gasteiger partial charge in [0.25, 0.3) is 0 Å². The topological polar surface area (TPSA) is 271 Å². The fourth-order valence-corrected chi connectivity index (χ4v) is 13.4. The molecule has 4 unspecified atom stereocenters. The van der Waals surface area contributed by atoms with Crippen LogP contribution in [0.4, 0.5) is 0 Å². The van der Waals surface area contributed by atoms with E-state index in [2.05, 4.69) is 25.0 Å². The number of rotatable bonds is 10. The van der Waals surface area contributed by atoms with Crippen molar-refractivity contribution in [3.63, 3.8) is 0 Å². The molecule has 17 nitrogen and oxygen atoms in total. The monoisotopic (exact) mass is 870 g/mol. The Morgan fingerprint density at radius 1 is 0.898 bits per heavy atom. The van der Waals surface area contributed by atoms with Gasteiger partial charge in [-0.2, -0.15) is 0 Å². The van der Waals surface area contributed by atoms with Crippen molar-refractivity contribution in [3.05, 3.63) is 11.6 Å². The second-order valence-electron chi connectivity index (χ2n) is 20.1. The summed E-state index contributed by atoms with van der Waals surface area (Å²) in [7, 11) is -5.28. The number of esters is 1. The van der Waals surface area contributed by atoms with Gasteiger partial charge in [-0.05, 0) is 107 Å². The molecule has 0 amide bonds. The fourth-order valence-electron chi connectivity index (χ4n) is 12.9. The summed E-state index contributed by atoms with van der Waals surface area (Å²) < 4.78 is 69.0. The molecule has 59 heavy (non-hydrogen) atoms. The molecule has 0 radical (unpaired) electrons. The van der Waals surface area contributed by atoms with Gasteiger partial charge in [0.05, 0.1) is 31.0 Å². The quantitative estimate of drug-likeness (QED) is 0.0304. The van der Waals surface area contributed by atoms with Crippen LogP contribution in [-0.2, 0) is 43.1 Å². The third kappa shape index (κ3) is 7.46. The van der Waals surface area contributed by atoms with Crippen LogP contribution >= 0.6 is 0 Å². The van der Waals surface area contributed by atoms with Gasteiger partial charge in [0, 0.05) is 0 Å². The summed E-state index contributed by atoms with van der Waals surface area (Å²) in [5.74, 6) is -0.772. The first-order valence-electron chi connectivity index (χ1n) is 20.7. The Morgan fingerprint density at radius 3 is 2.20 bits per heavy atom. The van der Waals surface area contributed by atoms with Crippen LogP contribution in [-0.4, -0.2) is 146 Å². The van der Waals surface area contributed by atoms with Crippen molar-refractivity contribution in [2.24, 2.45) is 33.5 Å². The number of ether oxygens (including phenoxy) is 5. The Labute approximate surface area is 368 Å². The normalized spacial score (nSPS) is 49.4. The number of hydrogen-bond donors (Lipinski definition) is 7.